The van der Waals surface area contributed by atoms with Crippen LogP contribution in [0.15, 0.2) is 60.7 Å². The number of carboxylic acid groups (broad SMARTS) is 1. The van der Waals surface area contributed by atoms with Crippen molar-refractivity contribution in [3.8, 4) is 0 Å². The van der Waals surface area contributed by atoms with E-state index in [2.05, 4.69) is 10.6 Å². The van der Waals surface area contributed by atoms with E-state index in [1.807, 2.05) is 13.0 Å². The summed E-state index contributed by atoms with van der Waals surface area (Å²) in [6.07, 6.45) is 1.18. The second-order valence-electron chi connectivity index (χ2n) is 6.25. The zero-order valence-corrected chi connectivity index (χ0v) is 15.2. The molecule has 2 aromatic rings. The van der Waals surface area contributed by atoms with Crippen molar-refractivity contribution >= 4 is 17.8 Å². The fraction of sp³-hybridized carbons (Fsp3) is 0.286. The maximum Gasteiger partial charge on any atom is 0.308 e. The van der Waals surface area contributed by atoms with Crippen LogP contribution in [0.2, 0.25) is 0 Å². The molecule has 3 N–H and O–H groups in total. The quantitative estimate of drug-likeness (QED) is 0.634. The summed E-state index contributed by atoms with van der Waals surface area (Å²) in [5, 5.41) is 14.7. The highest BCUT2D eigenvalue weighted by Gasteiger charge is 2.25. The Morgan fingerprint density at radius 3 is 2.11 bits per heavy atom. The fourth-order valence-corrected chi connectivity index (χ4v) is 2.74. The van der Waals surface area contributed by atoms with Gasteiger partial charge in [0.25, 0.3) is 5.91 Å². The van der Waals surface area contributed by atoms with Gasteiger partial charge in [-0.1, -0.05) is 61.9 Å². The zero-order valence-electron chi connectivity index (χ0n) is 15.2. The highest BCUT2D eigenvalue weighted by molar-refractivity contribution is 5.97. The van der Waals surface area contributed by atoms with Crippen LogP contribution in [0, 0.1) is 5.92 Å². The van der Waals surface area contributed by atoms with Crippen molar-refractivity contribution in [2.75, 3.05) is 6.54 Å². The lowest BCUT2D eigenvalue weighted by Crippen LogP contribution is -2.42. The molecule has 6 heteroatoms. The Bertz CT molecular complexity index is 762. The Balaban J connectivity index is 2.14. The average Bonchev–Trinajstić information content (AvgIpc) is 2.70. The number of hydrogen-bond acceptors (Lipinski definition) is 3. The lowest BCUT2D eigenvalue weighted by atomic mass is 10.0. The molecular weight excluding hydrogens is 344 g/mol. The molecule has 0 aliphatic carbocycles. The summed E-state index contributed by atoms with van der Waals surface area (Å²) >= 11 is 0. The largest absolute Gasteiger partial charge is 0.481 e. The molecule has 0 heterocycles. The number of hydrogen-bond donors (Lipinski definition) is 3. The van der Waals surface area contributed by atoms with Crippen LogP contribution in [-0.4, -0.2) is 29.4 Å². The Morgan fingerprint density at radius 2 is 1.56 bits per heavy atom. The van der Waals surface area contributed by atoms with Gasteiger partial charge in [-0.3, -0.25) is 14.4 Å². The van der Waals surface area contributed by atoms with E-state index < -0.39 is 23.8 Å². The third kappa shape index (κ3) is 5.95. The molecular formula is C21H24N2O4. The lowest BCUT2D eigenvalue weighted by Gasteiger charge is -2.20. The number of carboxylic acids is 1. The molecule has 0 fully saturated rings. The smallest absolute Gasteiger partial charge is 0.308 e. The van der Waals surface area contributed by atoms with E-state index in [0.717, 1.165) is 0 Å². The highest BCUT2D eigenvalue weighted by Crippen LogP contribution is 2.15. The topological polar surface area (TPSA) is 95.5 Å². The number of nitrogens with one attached hydrogen (secondary N) is 2. The maximum absolute atomic E-state index is 12.7. The lowest BCUT2D eigenvalue weighted by molar-refractivity contribution is -0.142. The molecule has 0 aromatic heterocycles. The molecule has 6 nitrogen and oxygen atoms in total. The number of aliphatic carboxylic acids is 1. The molecule has 2 atom stereocenters. The van der Waals surface area contributed by atoms with Crippen molar-refractivity contribution in [2.24, 2.45) is 5.92 Å². The number of amides is 2. The van der Waals surface area contributed by atoms with Crippen molar-refractivity contribution in [2.45, 2.75) is 25.8 Å². The first-order chi connectivity index (χ1) is 13.0. The Kier molecular flexibility index (Phi) is 7.55. The normalized spacial score (nSPS) is 12.6. The van der Waals surface area contributed by atoms with Crippen LogP contribution in [0.3, 0.4) is 0 Å². The van der Waals surface area contributed by atoms with Crippen LogP contribution in [0.4, 0.5) is 0 Å². The minimum absolute atomic E-state index is 0.0204. The summed E-state index contributed by atoms with van der Waals surface area (Å²) in [6.45, 7) is 1.91. The zero-order chi connectivity index (χ0) is 19.6. The predicted molar refractivity (Wildman–Crippen MR) is 102 cm³/mol. The first-order valence-corrected chi connectivity index (χ1v) is 8.94. The van der Waals surface area contributed by atoms with E-state index >= 15 is 0 Å². The molecule has 0 saturated carbocycles. The average molecular weight is 368 g/mol. The summed E-state index contributed by atoms with van der Waals surface area (Å²) in [6, 6.07) is 16.6. The highest BCUT2D eigenvalue weighted by atomic mass is 16.4. The standard InChI is InChI=1S/C21H24N2O4/c1-2-9-17(21(26)27)14-22-20(25)18(15-10-5-3-6-11-15)23-19(24)16-12-7-4-8-13-16/h3-8,10-13,17-18H,2,9,14H2,1H3,(H,22,25)(H,23,24)(H,26,27). The summed E-state index contributed by atoms with van der Waals surface area (Å²) in [5.41, 5.74) is 1.07. The number of benzene rings is 2. The second-order valence-corrected chi connectivity index (χ2v) is 6.25. The van der Waals surface area contributed by atoms with E-state index in [-0.39, 0.29) is 12.5 Å². The van der Waals surface area contributed by atoms with Crippen LogP contribution in [0.25, 0.3) is 0 Å². The van der Waals surface area contributed by atoms with Crippen LogP contribution in [-0.2, 0) is 9.59 Å². The van der Waals surface area contributed by atoms with Gasteiger partial charge in [0.15, 0.2) is 0 Å². The van der Waals surface area contributed by atoms with E-state index in [4.69, 9.17) is 0 Å². The monoisotopic (exact) mass is 368 g/mol. The SMILES string of the molecule is CCCC(CNC(=O)C(NC(=O)c1ccccc1)c1ccccc1)C(=O)O. The molecule has 0 saturated heterocycles. The third-order valence-corrected chi connectivity index (χ3v) is 4.22. The van der Waals surface area contributed by atoms with Crippen molar-refractivity contribution in [3.63, 3.8) is 0 Å². The summed E-state index contributed by atoms with van der Waals surface area (Å²) in [5.74, 6) is -2.40. The minimum Gasteiger partial charge on any atom is -0.481 e. The van der Waals surface area contributed by atoms with E-state index in [9.17, 15) is 19.5 Å². The number of rotatable bonds is 9. The minimum atomic E-state index is -0.943. The molecule has 2 aromatic carbocycles. The van der Waals surface area contributed by atoms with Gasteiger partial charge in [0.1, 0.15) is 6.04 Å². The van der Waals surface area contributed by atoms with Crippen LogP contribution >= 0.6 is 0 Å². The van der Waals surface area contributed by atoms with Crippen molar-refractivity contribution < 1.29 is 19.5 Å². The van der Waals surface area contributed by atoms with Crippen LogP contribution in [0.1, 0.15) is 41.7 Å². The van der Waals surface area contributed by atoms with Gasteiger partial charge in [-0.25, -0.2) is 0 Å². The maximum atomic E-state index is 12.7. The molecule has 2 amide bonds. The van der Waals surface area contributed by atoms with Gasteiger partial charge in [0, 0.05) is 12.1 Å². The molecule has 2 rings (SSSR count). The third-order valence-electron chi connectivity index (χ3n) is 4.22. The fourth-order valence-electron chi connectivity index (χ4n) is 2.74. The molecule has 142 valence electrons. The van der Waals surface area contributed by atoms with Gasteiger partial charge in [0.2, 0.25) is 5.91 Å². The van der Waals surface area contributed by atoms with Gasteiger partial charge < -0.3 is 15.7 Å². The Hall–Kier alpha value is -3.15. The molecule has 0 aliphatic rings. The molecule has 2 unspecified atom stereocenters. The Morgan fingerprint density at radius 1 is 0.963 bits per heavy atom. The summed E-state index contributed by atoms with van der Waals surface area (Å²) in [7, 11) is 0. The molecule has 0 aliphatic heterocycles. The Labute approximate surface area is 158 Å². The summed E-state index contributed by atoms with van der Waals surface area (Å²) in [4.78, 5) is 36.5. The van der Waals surface area contributed by atoms with Gasteiger partial charge in [-0.05, 0) is 24.1 Å². The van der Waals surface area contributed by atoms with Crippen LogP contribution < -0.4 is 10.6 Å². The van der Waals surface area contributed by atoms with E-state index in [0.29, 0.717) is 24.0 Å². The van der Waals surface area contributed by atoms with Gasteiger partial charge in [-0.2, -0.15) is 0 Å². The molecule has 0 bridgehead atoms. The van der Waals surface area contributed by atoms with Gasteiger partial charge >= 0.3 is 5.97 Å². The van der Waals surface area contributed by atoms with Crippen molar-refractivity contribution in [3.05, 3.63) is 71.8 Å². The number of carbonyl (C=O) groups is 3. The summed E-state index contributed by atoms with van der Waals surface area (Å²) < 4.78 is 0. The van der Waals surface area contributed by atoms with Gasteiger partial charge in [-0.15, -0.1) is 0 Å². The molecule has 0 spiro atoms. The first kappa shape index (κ1) is 20.2. The van der Waals surface area contributed by atoms with E-state index in [1.165, 1.54) is 0 Å². The van der Waals surface area contributed by atoms with Crippen molar-refractivity contribution in [1.82, 2.24) is 10.6 Å². The predicted octanol–water partition coefficient (Wildman–Crippen LogP) is 2.77. The second kappa shape index (κ2) is 10.1. The first-order valence-electron chi connectivity index (χ1n) is 8.94. The molecule has 0 radical (unpaired) electrons. The van der Waals surface area contributed by atoms with Crippen LogP contribution in [0.5, 0.6) is 0 Å². The molecule has 27 heavy (non-hydrogen) atoms. The van der Waals surface area contributed by atoms with Crippen molar-refractivity contribution in [1.29, 1.82) is 0 Å². The van der Waals surface area contributed by atoms with Gasteiger partial charge in [0.05, 0.1) is 5.92 Å². The van der Waals surface area contributed by atoms with E-state index in [1.54, 1.807) is 54.6 Å². The number of carbonyl (C=O) groups excluding carboxylic acids is 2.